The molecule has 0 aliphatic carbocycles. The lowest BCUT2D eigenvalue weighted by Crippen LogP contribution is -2.41. The number of rotatable bonds is 36. The summed E-state index contributed by atoms with van der Waals surface area (Å²) < 4.78 is 0. The van der Waals surface area contributed by atoms with Crippen LogP contribution in [0.4, 0.5) is 0 Å². The highest BCUT2D eigenvalue weighted by Crippen LogP contribution is 2.15. The van der Waals surface area contributed by atoms with Gasteiger partial charge in [-0.05, 0) is 38.4 Å². The molecule has 2 unspecified atom stereocenters. The molecule has 0 bridgehead atoms. The van der Waals surface area contributed by atoms with Gasteiger partial charge >= 0.3 is 0 Å². The van der Waals surface area contributed by atoms with E-state index in [1.54, 1.807) is 6.92 Å². The van der Waals surface area contributed by atoms with Crippen molar-refractivity contribution in [1.82, 2.24) is 20.9 Å². The van der Waals surface area contributed by atoms with Crippen molar-refractivity contribution in [3.05, 3.63) is 0 Å². The Bertz CT molecular complexity index is 743. The minimum atomic E-state index is -0.790. The minimum Gasteiger partial charge on any atom is -0.391 e. The second-order valence-corrected chi connectivity index (χ2v) is 14.7. The Balaban J connectivity index is 4.32. The van der Waals surface area contributed by atoms with Gasteiger partial charge in [0.2, 0.25) is 11.8 Å². The first-order valence-corrected chi connectivity index (χ1v) is 21.1. The van der Waals surface area contributed by atoms with Crippen molar-refractivity contribution in [3.63, 3.8) is 0 Å². The van der Waals surface area contributed by atoms with Gasteiger partial charge in [-0.1, -0.05) is 155 Å². The van der Waals surface area contributed by atoms with Crippen molar-refractivity contribution in [3.8, 4) is 0 Å². The van der Waals surface area contributed by atoms with Crippen LogP contribution in [0.15, 0.2) is 0 Å². The molecule has 0 aromatic rings. The van der Waals surface area contributed by atoms with E-state index in [2.05, 4.69) is 29.8 Å². The zero-order valence-corrected chi connectivity index (χ0v) is 33.2. The molecule has 0 rings (SSSR count). The number of hydrogen-bond acceptors (Lipinski definition) is 5. The fourth-order valence-electron chi connectivity index (χ4n) is 6.13. The third kappa shape index (κ3) is 33.5. The third-order valence-electron chi connectivity index (χ3n) is 9.50. The molecule has 0 saturated heterocycles. The summed E-state index contributed by atoms with van der Waals surface area (Å²) in [5, 5.41) is 28.3. The van der Waals surface area contributed by atoms with Crippen molar-refractivity contribution in [1.29, 1.82) is 0 Å². The fraction of sp³-hybridized carbons (Fsp3) is 0.925. The standard InChI is InChI=1S/C40H80N4O4S/c1-4-6-8-10-12-14-16-18-20-22-24-26-34-44(35-27-25-23-21-19-17-15-13-11-9-7-5-2)39(48)29-28-38(47)41-32-33-43-40(49)42-31-30-37(46)36(3)45/h36-37,45-46H,4-35H2,1-3H3,(H,41,47)(H2,42,43,49). The molecule has 8 nitrogen and oxygen atoms in total. The highest BCUT2D eigenvalue weighted by Gasteiger charge is 2.15. The molecule has 0 heterocycles. The topological polar surface area (TPSA) is 114 Å². The molecule has 0 spiro atoms. The van der Waals surface area contributed by atoms with Crippen LogP contribution in [0.5, 0.6) is 0 Å². The summed E-state index contributed by atoms with van der Waals surface area (Å²) in [5.74, 6) is -0.0195. The Morgan fingerprint density at radius 2 is 0.918 bits per heavy atom. The number of hydrogen-bond donors (Lipinski definition) is 5. The maximum atomic E-state index is 13.2. The van der Waals surface area contributed by atoms with E-state index in [1.807, 2.05) is 4.90 Å². The molecular formula is C40H80N4O4S. The quantitative estimate of drug-likeness (QED) is 0.0326. The van der Waals surface area contributed by atoms with Crippen molar-refractivity contribution < 1.29 is 19.8 Å². The summed E-state index contributed by atoms with van der Waals surface area (Å²) in [4.78, 5) is 27.7. The number of aliphatic hydroxyl groups excluding tert-OH is 2. The second-order valence-electron chi connectivity index (χ2n) is 14.3. The lowest BCUT2D eigenvalue weighted by atomic mass is 10.0. The predicted octanol–water partition coefficient (Wildman–Crippen LogP) is 8.71. The SMILES string of the molecule is CCCCCCCCCCCCCCN(CCCCCCCCCCCCCC)C(=O)CCC(=O)NCCNC(=S)NCCC(O)C(C)O. The Hall–Kier alpha value is -1.45. The van der Waals surface area contributed by atoms with E-state index < -0.39 is 12.2 Å². The lowest BCUT2D eigenvalue weighted by Gasteiger charge is -2.23. The Kier molecular flexibility index (Phi) is 35.3. The largest absolute Gasteiger partial charge is 0.391 e. The first-order chi connectivity index (χ1) is 23.8. The molecule has 0 aromatic carbocycles. The monoisotopic (exact) mass is 713 g/mol. The van der Waals surface area contributed by atoms with Crippen molar-refractivity contribution in [2.75, 3.05) is 32.7 Å². The summed E-state index contributed by atoms with van der Waals surface area (Å²) >= 11 is 5.22. The van der Waals surface area contributed by atoms with E-state index in [4.69, 9.17) is 12.2 Å². The number of nitrogens with one attached hydrogen (secondary N) is 3. The Labute approximate surface area is 308 Å². The van der Waals surface area contributed by atoms with Gasteiger partial charge in [-0.25, -0.2) is 0 Å². The van der Waals surface area contributed by atoms with Crippen LogP contribution in [0.25, 0.3) is 0 Å². The van der Waals surface area contributed by atoms with Crippen LogP contribution in [0, 0.1) is 0 Å². The highest BCUT2D eigenvalue weighted by molar-refractivity contribution is 7.80. The van der Waals surface area contributed by atoms with Gasteiger partial charge in [-0.15, -0.1) is 0 Å². The molecule has 0 aliphatic rings. The van der Waals surface area contributed by atoms with Crippen LogP contribution >= 0.6 is 12.2 Å². The van der Waals surface area contributed by atoms with Gasteiger partial charge in [0, 0.05) is 45.6 Å². The number of carbonyl (C=O) groups excluding carboxylic acids is 2. The molecule has 49 heavy (non-hydrogen) atoms. The zero-order valence-electron chi connectivity index (χ0n) is 32.3. The van der Waals surface area contributed by atoms with E-state index in [0.717, 1.165) is 25.9 Å². The van der Waals surface area contributed by atoms with Crippen molar-refractivity contribution >= 4 is 29.1 Å². The third-order valence-corrected chi connectivity index (χ3v) is 9.79. The summed E-state index contributed by atoms with van der Waals surface area (Å²) in [6, 6.07) is 0. The van der Waals surface area contributed by atoms with Crippen molar-refractivity contribution in [2.45, 2.75) is 206 Å². The number of thiocarbonyl (C=S) groups is 1. The van der Waals surface area contributed by atoms with Gasteiger partial charge < -0.3 is 31.1 Å². The van der Waals surface area contributed by atoms with E-state index in [9.17, 15) is 19.8 Å². The first kappa shape index (κ1) is 47.5. The van der Waals surface area contributed by atoms with Gasteiger partial charge in [0.05, 0.1) is 12.2 Å². The summed E-state index contributed by atoms with van der Waals surface area (Å²) in [6.07, 6.45) is 30.6. The molecule has 9 heteroatoms. The number of carbonyl (C=O) groups is 2. The first-order valence-electron chi connectivity index (χ1n) is 20.7. The molecule has 0 radical (unpaired) electrons. The summed E-state index contributed by atoms with van der Waals surface area (Å²) in [7, 11) is 0. The fourth-order valence-corrected chi connectivity index (χ4v) is 6.33. The molecule has 2 amide bonds. The normalized spacial score (nSPS) is 12.4. The van der Waals surface area contributed by atoms with E-state index in [-0.39, 0.29) is 24.7 Å². The van der Waals surface area contributed by atoms with Crippen LogP contribution in [0.2, 0.25) is 0 Å². The maximum absolute atomic E-state index is 13.2. The second kappa shape index (κ2) is 36.3. The van der Waals surface area contributed by atoms with E-state index in [1.165, 1.54) is 141 Å². The average Bonchev–Trinajstić information content (AvgIpc) is 3.08. The molecular weight excluding hydrogens is 633 g/mol. The van der Waals surface area contributed by atoms with Gasteiger partial charge in [0.1, 0.15) is 0 Å². The number of aliphatic hydroxyl groups is 2. The van der Waals surface area contributed by atoms with Crippen LogP contribution in [-0.4, -0.2) is 77.0 Å². The molecule has 0 fully saturated rings. The van der Waals surface area contributed by atoms with Gasteiger partial charge in [-0.3, -0.25) is 9.59 Å². The number of amides is 2. The van der Waals surface area contributed by atoms with Crippen LogP contribution < -0.4 is 16.0 Å². The molecule has 290 valence electrons. The van der Waals surface area contributed by atoms with Crippen LogP contribution in [0.3, 0.4) is 0 Å². The predicted molar refractivity (Wildman–Crippen MR) is 212 cm³/mol. The average molecular weight is 713 g/mol. The summed E-state index contributed by atoms with van der Waals surface area (Å²) in [6.45, 7) is 9.02. The zero-order chi connectivity index (χ0) is 36.2. The number of nitrogens with zero attached hydrogens (tertiary/aromatic N) is 1. The van der Waals surface area contributed by atoms with Crippen molar-refractivity contribution in [2.24, 2.45) is 0 Å². The highest BCUT2D eigenvalue weighted by atomic mass is 32.1. The maximum Gasteiger partial charge on any atom is 0.223 e. The van der Waals surface area contributed by atoms with Gasteiger partial charge in [-0.2, -0.15) is 0 Å². The minimum absolute atomic E-state index is 0.101. The van der Waals surface area contributed by atoms with Gasteiger partial charge in [0.25, 0.3) is 0 Å². The van der Waals surface area contributed by atoms with Gasteiger partial charge in [0.15, 0.2) is 5.11 Å². The molecule has 0 aliphatic heterocycles. The summed E-state index contributed by atoms with van der Waals surface area (Å²) in [5.41, 5.74) is 0. The van der Waals surface area contributed by atoms with Crippen LogP contribution in [0.1, 0.15) is 194 Å². The Morgan fingerprint density at radius 1 is 0.551 bits per heavy atom. The molecule has 2 atom stereocenters. The van der Waals surface area contributed by atoms with E-state index >= 15 is 0 Å². The lowest BCUT2D eigenvalue weighted by molar-refractivity contribution is -0.133. The number of unbranched alkanes of at least 4 members (excludes halogenated alkanes) is 22. The molecule has 0 saturated carbocycles. The van der Waals surface area contributed by atoms with E-state index in [0.29, 0.717) is 31.2 Å². The Morgan fingerprint density at radius 3 is 1.33 bits per heavy atom. The van der Waals surface area contributed by atoms with Crippen LogP contribution in [-0.2, 0) is 9.59 Å². The molecule has 5 N–H and O–H groups in total. The molecule has 0 aromatic heterocycles. The smallest absolute Gasteiger partial charge is 0.223 e.